The third kappa shape index (κ3) is 2.58. The summed E-state index contributed by atoms with van der Waals surface area (Å²) in [7, 11) is 0. The van der Waals surface area contributed by atoms with Gasteiger partial charge in [-0.1, -0.05) is 60.7 Å². The van der Waals surface area contributed by atoms with Crippen LogP contribution in [0.5, 0.6) is 0 Å². The van der Waals surface area contributed by atoms with Gasteiger partial charge >= 0.3 is 5.97 Å². The molecule has 0 heterocycles. The second-order valence-electron chi connectivity index (χ2n) is 4.58. The Balaban J connectivity index is 2.60. The second-order valence-corrected chi connectivity index (χ2v) is 4.58. The molecule has 20 heavy (non-hydrogen) atoms. The van der Waals surface area contributed by atoms with Crippen molar-refractivity contribution >= 4 is 5.97 Å². The largest absolute Gasteiger partial charge is 0.480 e. The van der Waals surface area contributed by atoms with Crippen molar-refractivity contribution in [1.82, 2.24) is 0 Å². The number of benzene rings is 2. The van der Waals surface area contributed by atoms with Crippen molar-refractivity contribution in [3.05, 3.63) is 71.8 Å². The highest BCUT2D eigenvalue weighted by Gasteiger charge is 2.42. The molecule has 3 nitrogen and oxygen atoms in total. The Hall–Kier alpha value is -2.13. The van der Waals surface area contributed by atoms with Crippen LogP contribution in [-0.2, 0) is 14.9 Å². The molecule has 0 aromatic heterocycles. The van der Waals surface area contributed by atoms with E-state index in [2.05, 4.69) is 0 Å². The molecular formula is C17H18O3. The Morgan fingerprint density at radius 2 is 1.45 bits per heavy atom. The predicted octanol–water partition coefficient (Wildman–Crippen LogP) is 3.09. The molecule has 2 aromatic carbocycles. The number of carbonyl (C=O) groups is 1. The number of carboxylic acid groups (broad SMARTS) is 1. The van der Waals surface area contributed by atoms with Gasteiger partial charge in [0.25, 0.3) is 0 Å². The van der Waals surface area contributed by atoms with Gasteiger partial charge < -0.3 is 9.84 Å². The number of carboxylic acids is 1. The monoisotopic (exact) mass is 270 g/mol. The smallest absolute Gasteiger partial charge is 0.321 e. The van der Waals surface area contributed by atoms with E-state index in [1.807, 2.05) is 67.6 Å². The van der Waals surface area contributed by atoms with Crippen molar-refractivity contribution in [1.29, 1.82) is 0 Å². The van der Waals surface area contributed by atoms with E-state index in [4.69, 9.17) is 4.74 Å². The number of hydrogen-bond donors (Lipinski definition) is 1. The average molecular weight is 270 g/mol. The quantitative estimate of drug-likeness (QED) is 0.877. The number of ether oxygens (including phenoxy) is 1. The van der Waals surface area contributed by atoms with Gasteiger partial charge in [-0.2, -0.15) is 0 Å². The fraction of sp³-hybridized carbons (Fsp3) is 0.235. The molecular weight excluding hydrogens is 252 g/mol. The summed E-state index contributed by atoms with van der Waals surface area (Å²) in [6.45, 7) is 2.46. The first-order valence-electron chi connectivity index (χ1n) is 6.64. The predicted molar refractivity (Wildman–Crippen MR) is 77.8 cm³/mol. The van der Waals surface area contributed by atoms with Crippen LogP contribution in [0.15, 0.2) is 60.7 Å². The van der Waals surface area contributed by atoms with E-state index < -0.39 is 11.4 Å². The Bertz CT molecular complexity index is 509. The first-order valence-corrected chi connectivity index (χ1v) is 6.64. The zero-order valence-electron chi connectivity index (χ0n) is 11.5. The molecule has 3 heteroatoms. The second kappa shape index (κ2) is 6.35. The summed E-state index contributed by atoms with van der Waals surface area (Å²) in [6, 6.07) is 18.5. The first kappa shape index (κ1) is 14.3. The van der Waals surface area contributed by atoms with Gasteiger partial charge in [-0.3, -0.25) is 4.79 Å². The fourth-order valence-electron chi connectivity index (χ4n) is 2.34. The van der Waals surface area contributed by atoms with Gasteiger partial charge in [0, 0.05) is 6.61 Å². The summed E-state index contributed by atoms with van der Waals surface area (Å²) in [5.41, 5.74) is 0.290. The molecule has 1 N–H and O–H groups in total. The molecule has 0 spiro atoms. The van der Waals surface area contributed by atoms with E-state index in [1.54, 1.807) is 0 Å². The van der Waals surface area contributed by atoms with Gasteiger partial charge in [0.15, 0.2) is 0 Å². The first-order chi connectivity index (χ1) is 9.71. The highest BCUT2D eigenvalue weighted by atomic mass is 16.5. The zero-order chi connectivity index (χ0) is 14.4. The van der Waals surface area contributed by atoms with Gasteiger partial charge in [-0.15, -0.1) is 0 Å². The minimum Gasteiger partial charge on any atom is -0.480 e. The lowest BCUT2D eigenvalue weighted by Crippen LogP contribution is -2.41. The average Bonchev–Trinajstić information content (AvgIpc) is 2.50. The maximum Gasteiger partial charge on any atom is 0.321 e. The van der Waals surface area contributed by atoms with Gasteiger partial charge in [0.05, 0.1) is 6.61 Å². The maximum absolute atomic E-state index is 12.0. The van der Waals surface area contributed by atoms with Crippen LogP contribution in [0, 0.1) is 0 Å². The minimum absolute atomic E-state index is 0.118. The van der Waals surface area contributed by atoms with E-state index in [0.717, 1.165) is 11.1 Å². The lowest BCUT2D eigenvalue weighted by atomic mass is 9.75. The molecule has 0 aliphatic heterocycles. The third-order valence-corrected chi connectivity index (χ3v) is 3.42. The topological polar surface area (TPSA) is 46.5 Å². The molecule has 2 rings (SSSR count). The molecule has 0 aliphatic carbocycles. The molecule has 0 saturated carbocycles. The summed E-state index contributed by atoms with van der Waals surface area (Å²) in [5.74, 6) is -0.900. The van der Waals surface area contributed by atoms with Crippen molar-refractivity contribution in [3.63, 3.8) is 0 Å². The van der Waals surface area contributed by atoms with E-state index >= 15 is 0 Å². The van der Waals surface area contributed by atoms with E-state index in [1.165, 1.54) is 0 Å². The minimum atomic E-state index is -1.17. The normalized spacial score (nSPS) is 11.2. The molecule has 0 bridgehead atoms. The van der Waals surface area contributed by atoms with Crippen LogP contribution in [0.3, 0.4) is 0 Å². The van der Waals surface area contributed by atoms with Crippen LogP contribution in [0.25, 0.3) is 0 Å². The zero-order valence-corrected chi connectivity index (χ0v) is 11.5. The lowest BCUT2D eigenvalue weighted by molar-refractivity contribution is -0.144. The van der Waals surface area contributed by atoms with E-state index in [-0.39, 0.29) is 6.61 Å². The highest BCUT2D eigenvalue weighted by Crippen LogP contribution is 2.33. The van der Waals surface area contributed by atoms with Crippen molar-refractivity contribution in [2.75, 3.05) is 13.2 Å². The number of rotatable bonds is 6. The molecule has 0 unspecified atom stereocenters. The molecule has 0 fully saturated rings. The molecule has 0 amide bonds. The summed E-state index contributed by atoms with van der Waals surface area (Å²) in [5, 5.41) is 9.88. The van der Waals surface area contributed by atoms with Crippen LogP contribution >= 0.6 is 0 Å². The van der Waals surface area contributed by atoms with E-state index in [0.29, 0.717) is 6.61 Å². The molecule has 0 saturated heterocycles. The van der Waals surface area contributed by atoms with Gasteiger partial charge in [0.2, 0.25) is 0 Å². The number of hydrogen-bond acceptors (Lipinski definition) is 2. The highest BCUT2D eigenvalue weighted by molar-refractivity contribution is 5.86. The standard InChI is InChI=1S/C17H18O3/c1-2-20-13-17(16(18)19,14-9-5-3-6-10-14)15-11-7-4-8-12-15/h3-12H,2,13H2,1H3,(H,18,19). The lowest BCUT2D eigenvalue weighted by Gasteiger charge is -2.30. The Labute approximate surface area is 118 Å². The van der Waals surface area contributed by atoms with Crippen molar-refractivity contribution in [2.45, 2.75) is 12.3 Å². The molecule has 0 aliphatic rings. The Morgan fingerprint density at radius 3 is 1.80 bits per heavy atom. The third-order valence-electron chi connectivity index (χ3n) is 3.42. The summed E-state index contributed by atoms with van der Waals surface area (Å²) in [6.07, 6.45) is 0. The summed E-state index contributed by atoms with van der Waals surface area (Å²) in [4.78, 5) is 12.0. The van der Waals surface area contributed by atoms with Crippen molar-refractivity contribution in [2.24, 2.45) is 0 Å². The van der Waals surface area contributed by atoms with Crippen molar-refractivity contribution < 1.29 is 14.6 Å². The SMILES string of the molecule is CCOCC(C(=O)O)(c1ccccc1)c1ccccc1. The van der Waals surface area contributed by atoms with Crippen LogP contribution < -0.4 is 0 Å². The summed E-state index contributed by atoms with van der Waals surface area (Å²) >= 11 is 0. The van der Waals surface area contributed by atoms with Gasteiger partial charge in [0.1, 0.15) is 5.41 Å². The van der Waals surface area contributed by atoms with Crippen LogP contribution in [-0.4, -0.2) is 24.3 Å². The van der Waals surface area contributed by atoms with Gasteiger partial charge in [-0.25, -0.2) is 0 Å². The molecule has 0 atom stereocenters. The van der Waals surface area contributed by atoms with Crippen molar-refractivity contribution in [3.8, 4) is 0 Å². The summed E-state index contributed by atoms with van der Waals surface area (Å²) < 4.78 is 5.49. The van der Waals surface area contributed by atoms with Gasteiger partial charge in [-0.05, 0) is 18.1 Å². The molecule has 104 valence electrons. The maximum atomic E-state index is 12.0. The molecule has 0 radical (unpaired) electrons. The van der Waals surface area contributed by atoms with Crippen LogP contribution in [0.2, 0.25) is 0 Å². The van der Waals surface area contributed by atoms with Crippen LogP contribution in [0.4, 0.5) is 0 Å². The van der Waals surface area contributed by atoms with E-state index in [9.17, 15) is 9.90 Å². The van der Waals surface area contributed by atoms with Crippen LogP contribution in [0.1, 0.15) is 18.1 Å². The molecule has 2 aromatic rings. The fourth-order valence-corrected chi connectivity index (χ4v) is 2.34. The number of aliphatic carboxylic acids is 1. The Morgan fingerprint density at radius 1 is 1.00 bits per heavy atom. The Kier molecular flexibility index (Phi) is 4.53.